The third kappa shape index (κ3) is 4.82. The Labute approximate surface area is 139 Å². The van der Waals surface area contributed by atoms with E-state index < -0.39 is 11.7 Å². The predicted octanol–water partition coefficient (Wildman–Crippen LogP) is 2.09. The van der Waals surface area contributed by atoms with Gasteiger partial charge in [-0.1, -0.05) is 12.2 Å². The average molecular weight is 345 g/mol. The molecule has 0 atom stereocenters. The summed E-state index contributed by atoms with van der Waals surface area (Å²) in [5.74, 6) is 0.679. The molecule has 1 fully saturated rings. The maximum absolute atomic E-state index is 12.6. The highest BCUT2D eigenvalue weighted by Gasteiger charge is 2.32. The third-order valence-electron chi connectivity index (χ3n) is 3.57. The topological polar surface area (TPSA) is 32.6 Å². The lowest BCUT2D eigenvalue weighted by Crippen LogP contribution is -2.52. The summed E-state index contributed by atoms with van der Waals surface area (Å²) in [4.78, 5) is 6.79. The second kappa shape index (κ2) is 7.16. The Bertz CT molecular complexity index is 563. The molecule has 0 bridgehead atoms. The van der Waals surface area contributed by atoms with Gasteiger partial charge in [-0.25, -0.2) is 4.98 Å². The number of hydrogen-bond acceptors (Lipinski definition) is 2. The van der Waals surface area contributed by atoms with Gasteiger partial charge in [-0.15, -0.1) is 0 Å². The van der Waals surface area contributed by atoms with E-state index in [1.54, 1.807) is 0 Å². The van der Waals surface area contributed by atoms with E-state index in [1.807, 2.05) is 11.8 Å². The highest BCUT2D eigenvalue weighted by molar-refractivity contribution is 7.80. The van der Waals surface area contributed by atoms with E-state index in [1.165, 1.54) is 6.07 Å². The largest absolute Gasteiger partial charge is 0.419 e. The molecule has 2 rings (SSSR count). The van der Waals surface area contributed by atoms with Gasteiger partial charge in [-0.2, -0.15) is 13.2 Å². The fourth-order valence-corrected chi connectivity index (χ4v) is 2.53. The van der Waals surface area contributed by atoms with Crippen LogP contribution in [-0.2, 0) is 6.18 Å². The fourth-order valence-electron chi connectivity index (χ4n) is 2.28. The van der Waals surface area contributed by atoms with Crippen molar-refractivity contribution in [3.05, 3.63) is 36.0 Å². The van der Waals surface area contributed by atoms with Gasteiger partial charge in [0.15, 0.2) is 5.11 Å². The van der Waals surface area contributed by atoms with E-state index in [0.717, 1.165) is 30.9 Å². The summed E-state index contributed by atoms with van der Waals surface area (Å²) in [7, 11) is 0. The van der Waals surface area contributed by atoms with Crippen LogP contribution in [0.15, 0.2) is 30.5 Å². The summed E-state index contributed by atoms with van der Waals surface area (Å²) in [6.07, 6.45) is -3.32. The van der Waals surface area contributed by atoms with Crippen molar-refractivity contribution in [1.29, 1.82) is 0 Å². The Hall–Kier alpha value is -1.83. The summed E-state index contributed by atoms with van der Waals surface area (Å²) in [5, 5.41) is 3.82. The molecule has 1 saturated heterocycles. The summed E-state index contributed by atoms with van der Waals surface area (Å²) < 4.78 is 37.7. The van der Waals surface area contributed by atoms with Crippen LogP contribution in [0.5, 0.6) is 0 Å². The predicted molar refractivity (Wildman–Crippen MR) is 87.2 cm³/mol. The van der Waals surface area contributed by atoms with Crippen LogP contribution in [0, 0.1) is 0 Å². The summed E-state index contributed by atoms with van der Waals surface area (Å²) >= 11 is 5.33. The fraction of sp³-hybridized carbons (Fsp3) is 0.467. The number of H-pyrrole nitrogens is 1. The van der Waals surface area contributed by atoms with Crippen molar-refractivity contribution in [2.45, 2.75) is 13.1 Å². The lowest BCUT2D eigenvalue weighted by Gasteiger charge is -2.32. The number of thiocarbonyl (C=S) groups is 1. The number of aromatic nitrogens is 1. The third-order valence-corrected chi connectivity index (χ3v) is 3.98. The molecule has 8 heteroatoms. The molecule has 1 aromatic rings. The Morgan fingerprint density at radius 1 is 1.30 bits per heavy atom. The zero-order valence-electron chi connectivity index (χ0n) is 12.9. The van der Waals surface area contributed by atoms with E-state index >= 15 is 0 Å². The molecule has 4 nitrogen and oxygen atoms in total. The van der Waals surface area contributed by atoms with Crippen molar-refractivity contribution >= 4 is 23.1 Å². The normalized spacial score (nSPS) is 15.5. The molecule has 0 radical (unpaired) electrons. The Kier molecular flexibility index (Phi) is 5.46. The number of hydrogen-bond donors (Lipinski definition) is 1. The standard InChI is InChI=1S/C15H19F3N4S/c1-11(2)9-20-14(23)22-7-5-21(6-8-22)13-4-3-12(10-19-13)15(16,17)18/h3-4,10H,1,5-9H2,2H3,(H,20,23)/p+1. The van der Waals surface area contributed by atoms with E-state index in [2.05, 4.69) is 21.8 Å². The molecule has 0 unspecified atom stereocenters. The van der Waals surface area contributed by atoms with Crippen molar-refractivity contribution in [3.63, 3.8) is 0 Å². The van der Waals surface area contributed by atoms with Crippen LogP contribution < -0.4 is 15.2 Å². The zero-order chi connectivity index (χ0) is 17.0. The number of pyridine rings is 1. The van der Waals surface area contributed by atoms with Crippen LogP contribution in [-0.4, -0.2) is 42.7 Å². The number of nitrogens with one attached hydrogen (secondary N) is 2. The molecule has 0 saturated carbocycles. The van der Waals surface area contributed by atoms with E-state index in [9.17, 15) is 13.2 Å². The van der Waals surface area contributed by atoms with Gasteiger partial charge in [0.1, 0.15) is 19.3 Å². The van der Waals surface area contributed by atoms with Gasteiger partial charge in [-0.3, -0.25) is 4.90 Å². The minimum absolute atomic E-state index is 0.645. The number of rotatable bonds is 3. The zero-order valence-corrected chi connectivity index (χ0v) is 13.7. The first kappa shape index (κ1) is 17.5. The van der Waals surface area contributed by atoms with E-state index in [4.69, 9.17) is 12.2 Å². The number of anilines is 1. The SMILES string of the molecule is C=C(C)CNC(=S)N1CCN(c2ccc(C(F)(F)F)c[nH+]2)CC1. The molecule has 0 aromatic carbocycles. The summed E-state index contributed by atoms with van der Waals surface area (Å²) in [5.41, 5.74) is 0.329. The lowest BCUT2D eigenvalue weighted by molar-refractivity contribution is -0.367. The lowest BCUT2D eigenvalue weighted by atomic mass is 10.2. The highest BCUT2D eigenvalue weighted by Crippen LogP contribution is 2.28. The van der Waals surface area contributed by atoms with Gasteiger partial charge >= 0.3 is 6.18 Å². The van der Waals surface area contributed by atoms with Crippen molar-refractivity contribution in [2.24, 2.45) is 0 Å². The molecule has 2 N–H and O–H groups in total. The van der Waals surface area contributed by atoms with Crippen molar-refractivity contribution in [3.8, 4) is 0 Å². The Morgan fingerprint density at radius 3 is 2.43 bits per heavy atom. The first-order chi connectivity index (χ1) is 10.8. The Balaban J connectivity index is 1.89. The van der Waals surface area contributed by atoms with Crippen LogP contribution in [0.3, 0.4) is 0 Å². The van der Waals surface area contributed by atoms with Gasteiger partial charge in [0, 0.05) is 12.6 Å². The van der Waals surface area contributed by atoms with Crippen LogP contribution in [0.1, 0.15) is 12.5 Å². The average Bonchev–Trinajstić information content (AvgIpc) is 2.52. The maximum atomic E-state index is 12.6. The summed E-state index contributed by atoms with van der Waals surface area (Å²) in [6.45, 7) is 9.21. The first-order valence-electron chi connectivity index (χ1n) is 7.28. The molecule has 0 aliphatic carbocycles. The van der Waals surface area contributed by atoms with Crippen molar-refractivity contribution in [1.82, 2.24) is 10.2 Å². The van der Waals surface area contributed by atoms with E-state index in [0.29, 0.717) is 30.6 Å². The molecule has 1 aromatic heterocycles. The molecular weight excluding hydrogens is 325 g/mol. The minimum Gasteiger partial charge on any atom is -0.359 e. The quantitative estimate of drug-likeness (QED) is 0.672. The van der Waals surface area contributed by atoms with Crippen LogP contribution in [0.2, 0.25) is 0 Å². The molecule has 0 spiro atoms. The number of halogens is 3. The minimum atomic E-state index is -4.32. The van der Waals surface area contributed by atoms with Crippen LogP contribution >= 0.6 is 12.2 Å². The second-order valence-electron chi connectivity index (χ2n) is 5.55. The molecular formula is C15H20F3N4S+. The maximum Gasteiger partial charge on any atom is 0.419 e. The van der Waals surface area contributed by atoms with Crippen molar-refractivity contribution < 1.29 is 18.2 Å². The van der Waals surface area contributed by atoms with E-state index in [-0.39, 0.29) is 0 Å². The number of alkyl halides is 3. The monoisotopic (exact) mass is 345 g/mol. The van der Waals surface area contributed by atoms with Gasteiger partial charge in [-0.05, 0) is 25.2 Å². The smallest absolute Gasteiger partial charge is 0.359 e. The van der Waals surface area contributed by atoms with Gasteiger partial charge in [0.05, 0.1) is 18.7 Å². The molecule has 1 aliphatic rings. The van der Waals surface area contributed by atoms with Crippen LogP contribution in [0.25, 0.3) is 0 Å². The molecule has 2 heterocycles. The Morgan fingerprint density at radius 2 is 1.96 bits per heavy atom. The van der Waals surface area contributed by atoms with Gasteiger partial charge < -0.3 is 10.2 Å². The first-order valence-corrected chi connectivity index (χ1v) is 7.69. The molecule has 23 heavy (non-hydrogen) atoms. The molecule has 0 amide bonds. The van der Waals surface area contributed by atoms with Gasteiger partial charge in [0.2, 0.25) is 0 Å². The van der Waals surface area contributed by atoms with Crippen molar-refractivity contribution in [2.75, 3.05) is 37.6 Å². The van der Waals surface area contributed by atoms with Crippen LogP contribution in [0.4, 0.5) is 19.0 Å². The number of aromatic amines is 1. The summed E-state index contributed by atoms with van der Waals surface area (Å²) in [6, 6.07) is 2.56. The van der Waals surface area contributed by atoms with Gasteiger partial charge in [0.25, 0.3) is 5.82 Å². The number of piperazine rings is 1. The second-order valence-corrected chi connectivity index (χ2v) is 5.94. The molecule has 126 valence electrons. The highest BCUT2D eigenvalue weighted by atomic mass is 32.1. The number of nitrogens with zero attached hydrogens (tertiary/aromatic N) is 2. The molecule has 1 aliphatic heterocycles.